The first-order valence-electron chi connectivity index (χ1n) is 14.1. The molecule has 0 N–H and O–H groups in total. The fraction of sp³-hybridized carbons (Fsp3) is 0.767. The van der Waals surface area contributed by atoms with Crippen LogP contribution >= 0.6 is 0 Å². The van der Waals surface area contributed by atoms with E-state index in [0.717, 1.165) is 31.1 Å². The first-order valence-corrected chi connectivity index (χ1v) is 20.0. The Bertz CT molecular complexity index is 814. The highest BCUT2D eigenvalue weighted by Gasteiger charge is 2.44. The minimum absolute atomic E-state index is 0.0235. The SMILES string of the molecule is CC(C)(C)[Si](C)(C)OCC[C@H](OCc1ccccc1)[C@@H]1CC[C@@H](O[Si](C)(C)C(C)(C)C)[C@H](CCC=O)O1. The average molecular weight is 551 g/mol. The van der Waals surface area contributed by atoms with Gasteiger partial charge in [-0.05, 0) is 67.5 Å². The minimum atomic E-state index is -1.96. The van der Waals surface area contributed by atoms with E-state index in [1.54, 1.807) is 0 Å². The maximum Gasteiger partial charge on any atom is 0.192 e. The van der Waals surface area contributed by atoms with E-state index in [4.69, 9.17) is 18.3 Å². The second-order valence-corrected chi connectivity index (χ2v) is 23.2. The van der Waals surface area contributed by atoms with Crippen molar-refractivity contribution in [2.45, 2.75) is 141 Å². The molecule has 1 aromatic rings. The Morgan fingerprint density at radius 2 is 1.59 bits per heavy atom. The number of hydrogen-bond acceptors (Lipinski definition) is 5. The molecule has 2 rings (SSSR count). The topological polar surface area (TPSA) is 54.0 Å². The fourth-order valence-corrected chi connectivity index (χ4v) is 6.59. The Morgan fingerprint density at radius 1 is 0.973 bits per heavy atom. The van der Waals surface area contributed by atoms with Crippen LogP contribution in [0.25, 0.3) is 0 Å². The summed E-state index contributed by atoms with van der Waals surface area (Å²) in [6.45, 7) is 24.0. The number of carbonyl (C=O) groups is 1. The quantitative estimate of drug-likeness (QED) is 0.185. The van der Waals surface area contributed by atoms with Crippen LogP contribution in [0.15, 0.2) is 30.3 Å². The van der Waals surface area contributed by atoms with Gasteiger partial charge in [-0.2, -0.15) is 0 Å². The maximum absolute atomic E-state index is 11.3. The van der Waals surface area contributed by atoms with Gasteiger partial charge in [0.2, 0.25) is 0 Å². The van der Waals surface area contributed by atoms with E-state index in [0.29, 0.717) is 26.1 Å². The second kappa shape index (κ2) is 13.5. The van der Waals surface area contributed by atoms with Crippen molar-refractivity contribution in [3.63, 3.8) is 0 Å². The minimum Gasteiger partial charge on any atom is -0.417 e. The molecule has 1 heterocycles. The molecular formula is C30H54O5Si2. The van der Waals surface area contributed by atoms with Crippen molar-refractivity contribution in [1.29, 1.82) is 0 Å². The Morgan fingerprint density at radius 3 is 2.16 bits per heavy atom. The Hall–Kier alpha value is -0.836. The second-order valence-electron chi connectivity index (χ2n) is 13.7. The molecule has 0 spiro atoms. The average Bonchev–Trinajstić information content (AvgIpc) is 2.79. The number of rotatable bonds is 13. The smallest absolute Gasteiger partial charge is 0.192 e. The number of benzene rings is 1. The highest BCUT2D eigenvalue weighted by atomic mass is 28.4. The lowest BCUT2D eigenvalue weighted by Crippen LogP contribution is -2.52. The molecule has 7 heteroatoms. The molecule has 0 radical (unpaired) electrons. The van der Waals surface area contributed by atoms with Crippen LogP contribution < -0.4 is 0 Å². The standard InChI is InChI=1S/C30H54O5Si2/c1-29(2,3)36(7,8)33-22-20-25(32-23-24-15-12-11-13-16-24)27-18-19-28(26(34-27)17-14-21-31)35-37(9,10)30(4,5)6/h11-13,15-16,21,25-28H,14,17-20,22-23H2,1-10H3/t25-,26-,27-,28+/m0/s1. The summed E-state index contributed by atoms with van der Waals surface area (Å²) >= 11 is 0. The molecule has 1 saturated heterocycles. The third-order valence-corrected chi connectivity index (χ3v) is 17.8. The van der Waals surface area contributed by atoms with Crippen LogP contribution in [-0.2, 0) is 29.7 Å². The predicted molar refractivity (Wildman–Crippen MR) is 158 cm³/mol. The molecule has 212 valence electrons. The normalized spacial score (nSPS) is 22.6. The van der Waals surface area contributed by atoms with Gasteiger partial charge in [-0.3, -0.25) is 0 Å². The van der Waals surface area contributed by atoms with Crippen molar-refractivity contribution < 1.29 is 23.1 Å². The summed E-state index contributed by atoms with van der Waals surface area (Å²) < 4.78 is 26.6. The van der Waals surface area contributed by atoms with Crippen molar-refractivity contribution in [2.75, 3.05) is 6.61 Å². The third-order valence-electron chi connectivity index (χ3n) is 8.71. The van der Waals surface area contributed by atoms with Crippen molar-refractivity contribution in [3.05, 3.63) is 35.9 Å². The van der Waals surface area contributed by atoms with Crippen LogP contribution in [0.1, 0.15) is 79.2 Å². The molecule has 0 amide bonds. The van der Waals surface area contributed by atoms with E-state index in [1.165, 1.54) is 0 Å². The highest BCUT2D eigenvalue weighted by molar-refractivity contribution is 6.74. The lowest BCUT2D eigenvalue weighted by molar-refractivity contribution is -0.167. The van der Waals surface area contributed by atoms with Gasteiger partial charge in [0.25, 0.3) is 0 Å². The number of aldehydes is 1. The van der Waals surface area contributed by atoms with Gasteiger partial charge < -0.3 is 23.1 Å². The maximum atomic E-state index is 11.3. The molecule has 0 unspecified atom stereocenters. The van der Waals surface area contributed by atoms with Crippen LogP contribution in [0, 0.1) is 0 Å². The Kier molecular flexibility index (Phi) is 11.8. The van der Waals surface area contributed by atoms with Gasteiger partial charge in [-0.25, -0.2) is 0 Å². The first kappa shape index (κ1) is 32.4. The van der Waals surface area contributed by atoms with Gasteiger partial charge in [-0.15, -0.1) is 0 Å². The van der Waals surface area contributed by atoms with Crippen molar-refractivity contribution >= 4 is 22.9 Å². The Balaban J connectivity index is 2.15. The van der Waals surface area contributed by atoms with Crippen molar-refractivity contribution in [3.8, 4) is 0 Å². The van der Waals surface area contributed by atoms with Gasteiger partial charge >= 0.3 is 0 Å². The van der Waals surface area contributed by atoms with Crippen molar-refractivity contribution in [1.82, 2.24) is 0 Å². The van der Waals surface area contributed by atoms with Gasteiger partial charge in [0.1, 0.15) is 6.29 Å². The van der Waals surface area contributed by atoms with Crippen LogP contribution in [0.4, 0.5) is 0 Å². The Labute approximate surface area is 229 Å². The molecule has 0 aromatic heterocycles. The molecule has 0 saturated carbocycles. The van der Waals surface area contributed by atoms with E-state index < -0.39 is 16.6 Å². The first-order chi connectivity index (χ1) is 17.1. The molecule has 1 aromatic carbocycles. The third kappa shape index (κ3) is 9.69. The van der Waals surface area contributed by atoms with E-state index in [1.807, 2.05) is 18.2 Å². The van der Waals surface area contributed by atoms with E-state index >= 15 is 0 Å². The number of ether oxygens (including phenoxy) is 2. The summed E-state index contributed by atoms with van der Waals surface area (Å²) in [5.74, 6) is 0. The lowest BCUT2D eigenvalue weighted by atomic mass is 9.94. The zero-order valence-electron chi connectivity index (χ0n) is 25.3. The number of hydrogen-bond donors (Lipinski definition) is 0. The summed E-state index contributed by atoms with van der Waals surface area (Å²) in [5, 5.41) is 0.296. The van der Waals surface area contributed by atoms with E-state index in [2.05, 4.69) is 79.9 Å². The van der Waals surface area contributed by atoms with Gasteiger partial charge in [0.15, 0.2) is 16.6 Å². The molecule has 1 fully saturated rings. The fourth-order valence-electron chi connectivity index (χ4n) is 4.15. The van der Waals surface area contributed by atoms with Gasteiger partial charge in [0.05, 0.1) is 31.0 Å². The van der Waals surface area contributed by atoms with Gasteiger partial charge in [-0.1, -0.05) is 71.9 Å². The molecule has 4 atom stereocenters. The molecule has 37 heavy (non-hydrogen) atoms. The van der Waals surface area contributed by atoms with E-state index in [9.17, 15) is 4.79 Å². The summed E-state index contributed by atoms with van der Waals surface area (Å²) in [6, 6.07) is 10.3. The molecule has 5 nitrogen and oxygen atoms in total. The monoisotopic (exact) mass is 550 g/mol. The van der Waals surface area contributed by atoms with Gasteiger partial charge in [0, 0.05) is 13.0 Å². The van der Waals surface area contributed by atoms with Crippen LogP contribution in [0.5, 0.6) is 0 Å². The summed E-state index contributed by atoms with van der Waals surface area (Å²) in [5.41, 5.74) is 1.16. The zero-order valence-corrected chi connectivity index (χ0v) is 27.3. The van der Waals surface area contributed by atoms with Crippen LogP contribution in [-0.4, -0.2) is 53.9 Å². The highest BCUT2D eigenvalue weighted by Crippen LogP contribution is 2.40. The molecule has 0 aliphatic carbocycles. The predicted octanol–water partition coefficient (Wildman–Crippen LogP) is 7.90. The van der Waals surface area contributed by atoms with E-state index in [-0.39, 0.29) is 34.5 Å². The van der Waals surface area contributed by atoms with Crippen LogP contribution in [0.3, 0.4) is 0 Å². The molecule has 0 bridgehead atoms. The number of carbonyl (C=O) groups excluding carboxylic acids is 1. The lowest BCUT2D eigenvalue weighted by Gasteiger charge is -2.45. The summed E-state index contributed by atoms with van der Waals surface area (Å²) in [4.78, 5) is 11.3. The summed E-state index contributed by atoms with van der Waals surface area (Å²) in [7, 11) is -3.80. The van der Waals surface area contributed by atoms with Crippen molar-refractivity contribution in [2.24, 2.45) is 0 Å². The largest absolute Gasteiger partial charge is 0.417 e. The molecule has 1 aliphatic rings. The van der Waals surface area contributed by atoms with Crippen LogP contribution in [0.2, 0.25) is 36.3 Å². The molecule has 1 aliphatic heterocycles. The molecular weight excluding hydrogens is 496 g/mol. The zero-order chi connectivity index (χ0) is 27.9. The summed E-state index contributed by atoms with van der Waals surface area (Å²) in [6.07, 6.45) is 4.58.